The van der Waals surface area contributed by atoms with E-state index < -0.39 is 12.6 Å². The zero-order chi connectivity index (χ0) is 15.7. The second kappa shape index (κ2) is 5.64. The fourth-order valence-corrected chi connectivity index (χ4v) is 2.70. The molecule has 2 rings (SSSR count). The molecular weight excluding hydrogens is 285 g/mol. The first-order valence-corrected chi connectivity index (χ1v) is 6.73. The van der Waals surface area contributed by atoms with E-state index in [0.29, 0.717) is 6.54 Å². The van der Waals surface area contributed by atoms with Crippen LogP contribution in [0.5, 0.6) is 0 Å². The van der Waals surface area contributed by atoms with E-state index in [1.807, 2.05) is 18.7 Å². The molecule has 0 radical (unpaired) electrons. The van der Waals surface area contributed by atoms with E-state index in [9.17, 15) is 18.4 Å². The number of nitriles is 1. The molecule has 0 unspecified atom stereocenters. The molecule has 116 valence electrons. The van der Waals surface area contributed by atoms with Crippen LogP contribution in [0.25, 0.3) is 0 Å². The van der Waals surface area contributed by atoms with Crippen LogP contribution in [-0.4, -0.2) is 33.8 Å². The van der Waals surface area contributed by atoms with Gasteiger partial charge in [-0.15, -0.1) is 0 Å². The van der Waals surface area contributed by atoms with Crippen molar-refractivity contribution in [3.8, 4) is 6.07 Å². The van der Waals surface area contributed by atoms with Gasteiger partial charge < -0.3 is 4.52 Å². The molecule has 0 saturated carbocycles. The first-order valence-electron chi connectivity index (χ1n) is 6.73. The largest absolute Gasteiger partial charge is 0.396 e. The summed E-state index contributed by atoms with van der Waals surface area (Å²) in [6, 6.07) is 1.95. The maximum absolute atomic E-state index is 12.3. The first-order chi connectivity index (χ1) is 9.71. The van der Waals surface area contributed by atoms with E-state index in [-0.39, 0.29) is 29.7 Å². The highest BCUT2D eigenvalue weighted by Gasteiger charge is 2.38. The molecule has 1 fully saturated rings. The molecule has 0 amide bonds. The van der Waals surface area contributed by atoms with Gasteiger partial charge in [0, 0.05) is 0 Å². The summed E-state index contributed by atoms with van der Waals surface area (Å²) in [5.74, 6) is -0.255. The zero-order valence-electron chi connectivity index (χ0n) is 11.9. The van der Waals surface area contributed by atoms with Gasteiger partial charge in [-0.25, -0.2) is 0 Å². The number of hydrogen-bond donors (Lipinski definition) is 0. The Balaban J connectivity index is 2.06. The summed E-state index contributed by atoms with van der Waals surface area (Å²) >= 11 is 0. The summed E-state index contributed by atoms with van der Waals surface area (Å²) < 4.78 is 41.6. The molecule has 0 bridgehead atoms. The van der Waals surface area contributed by atoms with Gasteiger partial charge >= 0.3 is 6.18 Å². The highest BCUT2D eigenvalue weighted by atomic mass is 19.4. The van der Waals surface area contributed by atoms with Gasteiger partial charge in [0.25, 0.3) is 0 Å². The van der Waals surface area contributed by atoms with Crippen molar-refractivity contribution in [1.82, 2.24) is 15.0 Å². The summed E-state index contributed by atoms with van der Waals surface area (Å²) in [4.78, 5) is 5.64. The number of piperidine rings is 1. The lowest BCUT2D eigenvalue weighted by molar-refractivity contribution is -0.128. The molecule has 0 aliphatic carbocycles. The van der Waals surface area contributed by atoms with Gasteiger partial charge in [-0.1, -0.05) is 19.0 Å². The molecule has 0 N–H and O–H groups in total. The molecule has 0 spiro atoms. The molecule has 1 aromatic heterocycles. The average molecular weight is 302 g/mol. The minimum absolute atomic E-state index is 0.118. The third-order valence-electron chi connectivity index (χ3n) is 3.70. The number of likely N-dealkylation sites (tertiary alicyclic amines) is 1. The molecule has 1 atom stereocenters. The lowest BCUT2D eigenvalue weighted by Gasteiger charge is -2.42. The second-order valence-electron chi connectivity index (χ2n) is 5.99. The molecule has 0 aromatic carbocycles. The molecule has 2 heterocycles. The Kier molecular flexibility index (Phi) is 4.23. The monoisotopic (exact) mass is 302 g/mol. The maximum atomic E-state index is 12.3. The maximum Gasteiger partial charge on any atom is 0.396 e. The zero-order valence-corrected chi connectivity index (χ0v) is 11.9. The fourth-order valence-electron chi connectivity index (χ4n) is 2.70. The van der Waals surface area contributed by atoms with Crippen molar-refractivity contribution in [3.63, 3.8) is 0 Å². The number of hydrogen-bond acceptors (Lipinski definition) is 5. The number of halogens is 3. The summed E-state index contributed by atoms with van der Waals surface area (Å²) in [5, 5.41) is 12.7. The van der Waals surface area contributed by atoms with Crippen molar-refractivity contribution in [2.75, 3.05) is 6.54 Å². The van der Waals surface area contributed by atoms with Gasteiger partial charge in [0.1, 0.15) is 12.5 Å². The van der Waals surface area contributed by atoms with Crippen LogP contribution in [0, 0.1) is 16.7 Å². The molecular formula is C13H17F3N4O. The second-order valence-corrected chi connectivity index (χ2v) is 5.99. The lowest BCUT2D eigenvalue weighted by atomic mass is 9.77. The molecule has 1 saturated heterocycles. The summed E-state index contributed by atoms with van der Waals surface area (Å²) in [7, 11) is 0. The van der Waals surface area contributed by atoms with Crippen LogP contribution in [0.4, 0.5) is 13.2 Å². The van der Waals surface area contributed by atoms with Gasteiger partial charge in [0.05, 0.1) is 12.6 Å². The van der Waals surface area contributed by atoms with Crippen molar-refractivity contribution in [3.05, 3.63) is 11.7 Å². The molecule has 5 nitrogen and oxygen atoms in total. The lowest BCUT2D eigenvalue weighted by Crippen LogP contribution is -2.48. The van der Waals surface area contributed by atoms with Gasteiger partial charge in [0.15, 0.2) is 5.82 Å². The Morgan fingerprint density at radius 3 is 2.81 bits per heavy atom. The van der Waals surface area contributed by atoms with E-state index in [4.69, 9.17) is 4.52 Å². The van der Waals surface area contributed by atoms with Gasteiger partial charge in [0.2, 0.25) is 5.89 Å². The number of alkyl halides is 3. The third-order valence-corrected chi connectivity index (χ3v) is 3.70. The van der Waals surface area contributed by atoms with E-state index in [1.54, 1.807) is 0 Å². The minimum atomic E-state index is -4.36. The molecule has 1 aromatic rings. The summed E-state index contributed by atoms with van der Waals surface area (Å²) in [6.07, 6.45) is -3.70. The quantitative estimate of drug-likeness (QED) is 0.859. The van der Waals surface area contributed by atoms with E-state index in [1.165, 1.54) is 0 Å². The van der Waals surface area contributed by atoms with Crippen LogP contribution < -0.4 is 0 Å². The smallest absolute Gasteiger partial charge is 0.338 e. The Labute approximate surface area is 120 Å². The van der Waals surface area contributed by atoms with Crippen LogP contribution in [0.15, 0.2) is 4.52 Å². The Hall–Kier alpha value is -1.62. The molecule has 21 heavy (non-hydrogen) atoms. The number of nitrogens with zero attached hydrogens (tertiary/aromatic N) is 4. The van der Waals surface area contributed by atoms with E-state index >= 15 is 0 Å². The average Bonchev–Trinajstić information content (AvgIpc) is 2.73. The summed E-state index contributed by atoms with van der Waals surface area (Å²) in [5.41, 5.74) is -0.165. The topological polar surface area (TPSA) is 66.0 Å². The SMILES string of the molecule is CC1(C)CCCN(Cc2nc(CC(F)(F)F)no2)[C@H]1C#N. The van der Waals surface area contributed by atoms with Crippen molar-refractivity contribution < 1.29 is 17.7 Å². The highest BCUT2D eigenvalue weighted by Crippen LogP contribution is 2.35. The van der Waals surface area contributed by atoms with E-state index in [0.717, 1.165) is 12.8 Å². The van der Waals surface area contributed by atoms with Gasteiger partial charge in [-0.2, -0.15) is 23.4 Å². The van der Waals surface area contributed by atoms with Gasteiger partial charge in [-0.3, -0.25) is 4.90 Å². The van der Waals surface area contributed by atoms with Crippen LogP contribution in [0.2, 0.25) is 0 Å². The molecule has 1 aliphatic rings. The third kappa shape index (κ3) is 3.94. The predicted octanol–water partition coefficient (Wildman–Crippen LogP) is 2.69. The fraction of sp³-hybridized carbons (Fsp3) is 0.769. The number of aromatic nitrogens is 2. The van der Waals surface area contributed by atoms with Crippen molar-refractivity contribution in [1.29, 1.82) is 5.26 Å². The van der Waals surface area contributed by atoms with Crippen LogP contribution in [-0.2, 0) is 13.0 Å². The molecule has 1 aliphatic heterocycles. The Bertz CT molecular complexity index is 532. The molecule has 8 heteroatoms. The predicted molar refractivity (Wildman–Crippen MR) is 66.9 cm³/mol. The summed E-state index contributed by atoms with van der Waals surface area (Å²) in [6.45, 7) is 4.91. The standard InChI is InChI=1S/C13H17F3N4O/c1-12(2)4-3-5-20(9(12)7-17)8-11-18-10(19-21-11)6-13(14,15)16/h9H,3-6,8H2,1-2H3/t9-/m0/s1. The Morgan fingerprint density at radius 1 is 1.48 bits per heavy atom. The van der Waals surface area contributed by atoms with Crippen LogP contribution in [0.3, 0.4) is 0 Å². The van der Waals surface area contributed by atoms with E-state index in [2.05, 4.69) is 16.2 Å². The van der Waals surface area contributed by atoms with Crippen LogP contribution in [0.1, 0.15) is 38.4 Å². The number of rotatable bonds is 3. The van der Waals surface area contributed by atoms with Crippen molar-refractivity contribution in [2.24, 2.45) is 5.41 Å². The Morgan fingerprint density at radius 2 is 2.19 bits per heavy atom. The normalized spacial score (nSPS) is 23.0. The van der Waals surface area contributed by atoms with Crippen LogP contribution >= 0.6 is 0 Å². The van der Waals surface area contributed by atoms with Gasteiger partial charge in [-0.05, 0) is 24.8 Å². The van der Waals surface area contributed by atoms with Crippen molar-refractivity contribution in [2.45, 2.75) is 51.9 Å². The van der Waals surface area contributed by atoms with Crippen molar-refractivity contribution >= 4 is 0 Å². The first kappa shape index (κ1) is 15.8. The highest BCUT2D eigenvalue weighted by molar-refractivity contribution is 5.04. The minimum Gasteiger partial charge on any atom is -0.338 e.